The zero-order chi connectivity index (χ0) is 12.3. The summed E-state index contributed by atoms with van der Waals surface area (Å²) < 4.78 is 0. The quantitative estimate of drug-likeness (QED) is 0.737. The molecule has 1 aliphatic rings. The molecule has 0 saturated carbocycles. The van der Waals surface area contributed by atoms with E-state index in [1.54, 1.807) is 0 Å². The largest absolute Gasteiger partial charge is 0.275 e. The van der Waals surface area contributed by atoms with Gasteiger partial charge in [0.05, 0.1) is 0 Å². The highest BCUT2D eigenvalue weighted by Crippen LogP contribution is 2.09. The molecule has 0 aliphatic carbocycles. The van der Waals surface area contributed by atoms with E-state index in [9.17, 15) is 9.59 Å². The van der Waals surface area contributed by atoms with E-state index < -0.39 is 0 Å². The van der Waals surface area contributed by atoms with E-state index in [0.717, 1.165) is 12.0 Å². The second kappa shape index (κ2) is 4.95. The summed E-state index contributed by atoms with van der Waals surface area (Å²) in [6.45, 7) is 2.57. The Morgan fingerprint density at radius 2 is 1.47 bits per heavy atom. The van der Waals surface area contributed by atoms with Crippen molar-refractivity contribution in [2.75, 3.05) is 6.54 Å². The molecule has 0 unspecified atom stereocenters. The molecule has 1 heterocycles. The van der Waals surface area contributed by atoms with Crippen LogP contribution in [0.1, 0.15) is 18.1 Å². The maximum atomic E-state index is 11.3. The van der Waals surface area contributed by atoms with E-state index in [4.69, 9.17) is 0 Å². The van der Waals surface area contributed by atoms with Crippen LogP contribution in [0.2, 0.25) is 0 Å². The molecule has 0 spiro atoms. The van der Waals surface area contributed by atoms with Crippen molar-refractivity contribution >= 4 is 11.8 Å². The first-order chi connectivity index (χ1) is 8.20. The van der Waals surface area contributed by atoms with Crippen LogP contribution in [0.3, 0.4) is 0 Å². The minimum absolute atomic E-state index is 0.208. The number of carbonyl (C=O) groups is 2. The van der Waals surface area contributed by atoms with Gasteiger partial charge in [0.1, 0.15) is 0 Å². The molecule has 0 bridgehead atoms. The average Bonchev–Trinajstić information content (AvgIpc) is 2.67. The standard InChI is InChI=1S/C14H15NO2/c1-2-11-3-5-12(6-4-11)9-10-15-13(16)7-8-14(15)17/h3-8H,2,9-10H2,1H3. The average molecular weight is 229 g/mol. The topological polar surface area (TPSA) is 37.4 Å². The van der Waals surface area contributed by atoms with Gasteiger partial charge in [0.2, 0.25) is 0 Å². The maximum Gasteiger partial charge on any atom is 0.253 e. The molecule has 17 heavy (non-hydrogen) atoms. The van der Waals surface area contributed by atoms with Gasteiger partial charge in [0.25, 0.3) is 11.8 Å². The van der Waals surface area contributed by atoms with Gasteiger partial charge >= 0.3 is 0 Å². The Bertz CT molecular complexity index is 442. The lowest BCUT2D eigenvalue weighted by atomic mass is 10.1. The minimum atomic E-state index is -0.208. The van der Waals surface area contributed by atoms with Crippen molar-refractivity contribution in [1.29, 1.82) is 0 Å². The van der Waals surface area contributed by atoms with Crippen molar-refractivity contribution < 1.29 is 9.59 Å². The van der Waals surface area contributed by atoms with Crippen LogP contribution in [0, 0.1) is 0 Å². The highest BCUT2D eigenvalue weighted by atomic mass is 16.2. The van der Waals surface area contributed by atoms with Gasteiger partial charge in [0, 0.05) is 18.7 Å². The lowest BCUT2D eigenvalue weighted by Crippen LogP contribution is -2.31. The van der Waals surface area contributed by atoms with Crippen LogP contribution in [0.15, 0.2) is 36.4 Å². The zero-order valence-electron chi connectivity index (χ0n) is 9.85. The molecule has 1 aliphatic heterocycles. The third-order valence-electron chi connectivity index (χ3n) is 2.96. The molecular weight excluding hydrogens is 214 g/mol. The molecule has 0 radical (unpaired) electrons. The van der Waals surface area contributed by atoms with Gasteiger partial charge in [-0.15, -0.1) is 0 Å². The summed E-state index contributed by atoms with van der Waals surface area (Å²) in [6.07, 6.45) is 4.38. The van der Waals surface area contributed by atoms with E-state index >= 15 is 0 Å². The van der Waals surface area contributed by atoms with Gasteiger partial charge in [-0.3, -0.25) is 14.5 Å². The Hall–Kier alpha value is -1.90. The number of hydrogen-bond donors (Lipinski definition) is 0. The summed E-state index contributed by atoms with van der Waals surface area (Å²) in [6, 6.07) is 8.27. The normalized spacial score (nSPS) is 14.8. The van der Waals surface area contributed by atoms with Crippen LogP contribution in [-0.4, -0.2) is 23.3 Å². The third-order valence-corrected chi connectivity index (χ3v) is 2.96. The fourth-order valence-electron chi connectivity index (χ4n) is 1.83. The molecule has 3 heteroatoms. The first kappa shape index (κ1) is 11.6. The summed E-state index contributed by atoms with van der Waals surface area (Å²) in [4.78, 5) is 23.9. The molecule has 0 aromatic heterocycles. The summed E-state index contributed by atoms with van der Waals surface area (Å²) >= 11 is 0. The molecule has 0 saturated heterocycles. The van der Waals surface area contributed by atoms with E-state index in [1.165, 1.54) is 22.6 Å². The summed E-state index contributed by atoms with van der Waals surface area (Å²) in [5, 5.41) is 0. The van der Waals surface area contributed by atoms with Gasteiger partial charge in [0.15, 0.2) is 0 Å². The molecule has 1 aromatic carbocycles. The summed E-state index contributed by atoms with van der Waals surface area (Å²) in [5.74, 6) is -0.416. The highest BCUT2D eigenvalue weighted by molar-refractivity contribution is 6.12. The third kappa shape index (κ3) is 2.61. The van der Waals surface area contributed by atoms with Crippen LogP contribution in [0.25, 0.3) is 0 Å². The van der Waals surface area contributed by atoms with Gasteiger partial charge in [-0.05, 0) is 24.0 Å². The Morgan fingerprint density at radius 3 is 2.00 bits per heavy atom. The molecular formula is C14H15NO2. The lowest BCUT2D eigenvalue weighted by molar-refractivity contribution is -0.136. The number of benzene rings is 1. The molecule has 0 fully saturated rings. The Morgan fingerprint density at radius 1 is 0.941 bits per heavy atom. The predicted molar refractivity (Wildman–Crippen MR) is 65.4 cm³/mol. The number of rotatable bonds is 4. The lowest BCUT2D eigenvalue weighted by Gasteiger charge is -2.13. The number of hydrogen-bond acceptors (Lipinski definition) is 2. The highest BCUT2D eigenvalue weighted by Gasteiger charge is 2.22. The van der Waals surface area contributed by atoms with Crippen molar-refractivity contribution in [3.8, 4) is 0 Å². The van der Waals surface area contributed by atoms with Crippen LogP contribution < -0.4 is 0 Å². The molecule has 2 rings (SSSR count). The van der Waals surface area contributed by atoms with E-state index in [0.29, 0.717) is 13.0 Å². The number of imide groups is 1. The predicted octanol–water partition coefficient (Wildman–Crippen LogP) is 1.72. The second-order valence-electron chi connectivity index (χ2n) is 4.08. The van der Waals surface area contributed by atoms with Crippen molar-refractivity contribution in [2.24, 2.45) is 0 Å². The minimum Gasteiger partial charge on any atom is -0.275 e. The van der Waals surface area contributed by atoms with E-state index in [1.807, 2.05) is 0 Å². The Balaban J connectivity index is 1.93. The number of nitrogens with zero attached hydrogens (tertiary/aromatic N) is 1. The maximum absolute atomic E-state index is 11.3. The number of aryl methyl sites for hydroxylation is 1. The first-order valence-electron chi connectivity index (χ1n) is 5.82. The van der Waals surface area contributed by atoms with Gasteiger partial charge in [-0.25, -0.2) is 0 Å². The first-order valence-corrected chi connectivity index (χ1v) is 5.82. The van der Waals surface area contributed by atoms with Crippen LogP contribution in [-0.2, 0) is 22.4 Å². The van der Waals surface area contributed by atoms with Crippen molar-refractivity contribution in [1.82, 2.24) is 4.90 Å². The Labute approximate surface area is 101 Å². The number of carbonyl (C=O) groups excluding carboxylic acids is 2. The van der Waals surface area contributed by atoms with Crippen LogP contribution in [0.5, 0.6) is 0 Å². The van der Waals surface area contributed by atoms with Crippen molar-refractivity contribution in [2.45, 2.75) is 19.8 Å². The molecule has 88 valence electrons. The molecule has 3 nitrogen and oxygen atoms in total. The fourth-order valence-corrected chi connectivity index (χ4v) is 1.83. The number of amides is 2. The van der Waals surface area contributed by atoms with E-state index in [2.05, 4.69) is 31.2 Å². The van der Waals surface area contributed by atoms with E-state index in [-0.39, 0.29) is 11.8 Å². The zero-order valence-corrected chi connectivity index (χ0v) is 9.85. The Kier molecular flexibility index (Phi) is 3.38. The van der Waals surface area contributed by atoms with Crippen molar-refractivity contribution in [3.63, 3.8) is 0 Å². The smallest absolute Gasteiger partial charge is 0.253 e. The summed E-state index contributed by atoms with van der Waals surface area (Å²) in [5.41, 5.74) is 2.44. The monoisotopic (exact) mass is 229 g/mol. The van der Waals surface area contributed by atoms with Gasteiger partial charge in [-0.1, -0.05) is 31.2 Å². The SMILES string of the molecule is CCc1ccc(CCN2C(=O)C=CC2=O)cc1. The van der Waals surface area contributed by atoms with Gasteiger partial charge in [-0.2, -0.15) is 0 Å². The fraction of sp³-hybridized carbons (Fsp3) is 0.286. The van der Waals surface area contributed by atoms with Crippen molar-refractivity contribution in [3.05, 3.63) is 47.5 Å². The molecule has 0 N–H and O–H groups in total. The summed E-state index contributed by atoms with van der Waals surface area (Å²) in [7, 11) is 0. The second-order valence-corrected chi connectivity index (χ2v) is 4.08. The van der Waals surface area contributed by atoms with Crippen LogP contribution in [0.4, 0.5) is 0 Å². The molecule has 1 aromatic rings. The van der Waals surface area contributed by atoms with Crippen LogP contribution >= 0.6 is 0 Å². The molecule has 0 atom stereocenters. The van der Waals surface area contributed by atoms with Gasteiger partial charge < -0.3 is 0 Å². The molecule has 2 amide bonds.